The number of rotatable bonds is 10. The number of nitrogens with zero attached hydrogens (tertiary/aromatic N) is 4. The van der Waals surface area contributed by atoms with Gasteiger partial charge in [0, 0.05) is 48.4 Å². The summed E-state index contributed by atoms with van der Waals surface area (Å²) in [5, 5.41) is 10.5. The van der Waals surface area contributed by atoms with Crippen LogP contribution in [-0.4, -0.2) is 78.7 Å². The van der Waals surface area contributed by atoms with E-state index in [1.807, 2.05) is 13.8 Å². The lowest BCUT2D eigenvalue weighted by Gasteiger charge is -2.59. The van der Waals surface area contributed by atoms with Crippen molar-refractivity contribution in [2.75, 3.05) is 43.9 Å². The normalized spacial score (nSPS) is 18.3. The molecule has 212 valence electrons. The van der Waals surface area contributed by atoms with E-state index in [9.17, 15) is 18.3 Å². The SMILES string of the molecule is CCC[C@@H](O)COc1ccc(Cl)c(-c2nc(C(C(C)=O)=C(C)N)c(C)c(N3CC4(C3)CN(S(C)(=O)=O)C4)n2)c1. The van der Waals surface area contributed by atoms with Crippen molar-refractivity contribution in [3.05, 3.63) is 40.2 Å². The molecule has 2 aromatic rings. The number of ether oxygens (including phenoxy) is 1. The maximum Gasteiger partial charge on any atom is 0.211 e. The number of allylic oxidation sites excluding steroid dienone is 2. The molecule has 3 N–H and O–H groups in total. The van der Waals surface area contributed by atoms with Crippen LogP contribution in [0.2, 0.25) is 5.02 Å². The molecule has 2 aliphatic rings. The van der Waals surface area contributed by atoms with Crippen LogP contribution in [-0.2, 0) is 14.8 Å². The molecule has 1 aromatic heterocycles. The summed E-state index contributed by atoms with van der Waals surface area (Å²) in [7, 11) is -3.22. The molecule has 0 aliphatic carbocycles. The number of aliphatic hydroxyl groups is 1. The second kappa shape index (κ2) is 11.0. The van der Waals surface area contributed by atoms with Crippen LogP contribution in [0.25, 0.3) is 17.0 Å². The fraction of sp³-hybridized carbons (Fsp3) is 0.519. The lowest BCUT2D eigenvalue weighted by molar-refractivity contribution is -0.111. The summed E-state index contributed by atoms with van der Waals surface area (Å²) >= 11 is 6.59. The number of halogens is 1. The first-order valence-corrected chi connectivity index (χ1v) is 15.1. The van der Waals surface area contributed by atoms with Gasteiger partial charge < -0.3 is 20.5 Å². The maximum atomic E-state index is 12.6. The third kappa shape index (κ3) is 6.06. The monoisotopic (exact) mass is 577 g/mol. The highest BCUT2D eigenvalue weighted by atomic mass is 35.5. The summed E-state index contributed by atoms with van der Waals surface area (Å²) in [6.07, 6.45) is 2.12. The Hall–Kier alpha value is -2.73. The van der Waals surface area contributed by atoms with Crippen LogP contribution < -0.4 is 15.4 Å². The van der Waals surface area contributed by atoms with E-state index in [4.69, 9.17) is 32.0 Å². The van der Waals surface area contributed by atoms with Gasteiger partial charge in [0.25, 0.3) is 0 Å². The van der Waals surface area contributed by atoms with Crippen LogP contribution in [0.4, 0.5) is 5.82 Å². The molecule has 1 atom stereocenters. The molecular weight excluding hydrogens is 542 g/mol. The Morgan fingerprint density at radius 1 is 1.23 bits per heavy atom. The molecule has 0 amide bonds. The van der Waals surface area contributed by atoms with Crippen molar-refractivity contribution in [1.82, 2.24) is 14.3 Å². The summed E-state index contributed by atoms with van der Waals surface area (Å²) in [5.41, 5.74) is 8.31. The number of hydrogen-bond acceptors (Lipinski definition) is 9. The van der Waals surface area contributed by atoms with E-state index in [-0.39, 0.29) is 17.8 Å². The van der Waals surface area contributed by atoms with Crippen LogP contribution in [0.5, 0.6) is 5.75 Å². The number of carbonyl (C=O) groups excluding carboxylic acids is 1. The molecule has 0 saturated carbocycles. The van der Waals surface area contributed by atoms with Gasteiger partial charge in [0.05, 0.1) is 28.6 Å². The molecule has 2 aliphatic heterocycles. The first kappa shape index (κ1) is 29.3. The van der Waals surface area contributed by atoms with E-state index in [1.54, 1.807) is 25.1 Å². The summed E-state index contributed by atoms with van der Waals surface area (Å²) in [6.45, 7) is 9.30. The number of carbonyl (C=O) groups is 1. The van der Waals surface area contributed by atoms with Crippen LogP contribution in [0.1, 0.15) is 44.9 Å². The van der Waals surface area contributed by atoms with E-state index >= 15 is 0 Å². The van der Waals surface area contributed by atoms with E-state index < -0.39 is 16.1 Å². The average molecular weight is 578 g/mol. The Morgan fingerprint density at radius 3 is 2.46 bits per heavy atom. The van der Waals surface area contributed by atoms with Gasteiger partial charge in [-0.2, -0.15) is 0 Å². The summed E-state index contributed by atoms with van der Waals surface area (Å²) in [4.78, 5) is 24.3. The number of Topliss-reactive ketones (excluding diaryl/α,β-unsaturated/α-hetero) is 1. The van der Waals surface area contributed by atoms with Crippen molar-refractivity contribution >= 4 is 38.8 Å². The zero-order chi connectivity index (χ0) is 28.7. The quantitative estimate of drug-likeness (QED) is 0.408. The molecule has 2 saturated heterocycles. The van der Waals surface area contributed by atoms with Crippen molar-refractivity contribution < 1.29 is 23.1 Å². The van der Waals surface area contributed by atoms with Crippen LogP contribution in [0.3, 0.4) is 0 Å². The lowest BCUT2D eigenvalue weighted by atomic mass is 9.74. The molecular formula is C27H36ClN5O5S. The minimum atomic E-state index is -3.22. The molecule has 0 radical (unpaired) electrons. The number of aliphatic hydroxyl groups excluding tert-OH is 1. The topological polar surface area (TPSA) is 139 Å². The molecule has 4 rings (SSSR count). The van der Waals surface area contributed by atoms with Gasteiger partial charge in [-0.25, -0.2) is 22.7 Å². The summed E-state index contributed by atoms with van der Waals surface area (Å²) in [5.74, 6) is 1.23. The first-order valence-electron chi connectivity index (χ1n) is 12.9. The van der Waals surface area contributed by atoms with E-state index in [2.05, 4.69) is 4.90 Å². The van der Waals surface area contributed by atoms with Crippen molar-refractivity contribution in [2.45, 2.75) is 46.6 Å². The molecule has 0 unspecified atom stereocenters. The molecule has 2 fully saturated rings. The fourth-order valence-electron chi connectivity index (χ4n) is 5.23. The molecule has 1 aromatic carbocycles. The van der Waals surface area contributed by atoms with E-state index in [0.717, 1.165) is 6.42 Å². The van der Waals surface area contributed by atoms with Crippen LogP contribution in [0, 0.1) is 12.3 Å². The number of hydrogen-bond donors (Lipinski definition) is 2. The van der Waals surface area contributed by atoms with Gasteiger partial charge >= 0.3 is 0 Å². The highest BCUT2D eigenvalue weighted by Gasteiger charge is 2.55. The molecule has 39 heavy (non-hydrogen) atoms. The highest BCUT2D eigenvalue weighted by Crippen LogP contribution is 2.44. The van der Waals surface area contributed by atoms with Gasteiger partial charge in [-0.1, -0.05) is 24.9 Å². The van der Waals surface area contributed by atoms with Gasteiger partial charge in [-0.05, 0) is 45.4 Å². The number of ketones is 1. The molecule has 0 bridgehead atoms. The molecule has 3 heterocycles. The Kier molecular flexibility index (Phi) is 8.28. The number of nitrogens with two attached hydrogens (primary N) is 1. The summed E-state index contributed by atoms with van der Waals surface area (Å²) < 4.78 is 31.0. The second-order valence-corrected chi connectivity index (χ2v) is 13.1. The standard InChI is InChI=1S/C27H36ClN5O5S/c1-6-7-19(35)11-38-20-8-9-22(28)21(10-20)25-30-24(23(17(3)29)18(4)34)16(2)26(31-25)32-12-27(13-32)14-33(15-27)39(5,36)37/h8-10,19,35H,6-7,11-15,29H2,1-5H3/t19-/m1/s1. The Labute approximate surface area is 234 Å². The third-order valence-electron chi connectivity index (χ3n) is 7.19. The number of benzene rings is 1. The molecule has 10 nitrogen and oxygen atoms in total. The zero-order valence-electron chi connectivity index (χ0n) is 23.0. The van der Waals surface area contributed by atoms with Gasteiger partial charge in [0.15, 0.2) is 11.6 Å². The smallest absolute Gasteiger partial charge is 0.211 e. The van der Waals surface area contributed by atoms with Crippen LogP contribution >= 0.6 is 11.6 Å². The van der Waals surface area contributed by atoms with Gasteiger partial charge in [-0.3, -0.25) is 4.79 Å². The number of sulfonamides is 1. The predicted octanol–water partition coefficient (Wildman–Crippen LogP) is 3.01. The second-order valence-electron chi connectivity index (χ2n) is 10.7. The van der Waals surface area contributed by atoms with Gasteiger partial charge in [0.2, 0.25) is 10.0 Å². The average Bonchev–Trinajstić information content (AvgIpc) is 2.77. The lowest BCUT2D eigenvalue weighted by Crippen LogP contribution is -2.73. The third-order valence-corrected chi connectivity index (χ3v) is 8.72. The van der Waals surface area contributed by atoms with Gasteiger partial charge in [-0.15, -0.1) is 0 Å². The van der Waals surface area contributed by atoms with Crippen LogP contribution in [0.15, 0.2) is 23.9 Å². The molecule has 1 spiro atoms. The van der Waals surface area contributed by atoms with Crippen molar-refractivity contribution in [3.63, 3.8) is 0 Å². The van der Waals surface area contributed by atoms with Gasteiger partial charge in [0.1, 0.15) is 18.2 Å². The minimum Gasteiger partial charge on any atom is -0.491 e. The zero-order valence-corrected chi connectivity index (χ0v) is 24.6. The Morgan fingerprint density at radius 2 is 1.90 bits per heavy atom. The first-order chi connectivity index (χ1) is 18.2. The van der Waals surface area contributed by atoms with Crippen molar-refractivity contribution in [3.8, 4) is 17.1 Å². The Balaban J connectivity index is 1.72. The largest absolute Gasteiger partial charge is 0.491 e. The van der Waals surface area contributed by atoms with Crippen molar-refractivity contribution in [2.24, 2.45) is 11.1 Å². The van der Waals surface area contributed by atoms with E-state index in [1.165, 1.54) is 17.5 Å². The number of anilines is 1. The predicted molar refractivity (Wildman–Crippen MR) is 152 cm³/mol. The highest BCUT2D eigenvalue weighted by molar-refractivity contribution is 7.88. The summed E-state index contributed by atoms with van der Waals surface area (Å²) in [6, 6.07) is 5.12. The maximum absolute atomic E-state index is 12.6. The fourth-order valence-corrected chi connectivity index (χ4v) is 6.45. The minimum absolute atomic E-state index is 0.117. The molecule has 12 heteroatoms. The van der Waals surface area contributed by atoms with E-state index in [0.29, 0.717) is 83.1 Å². The Bertz CT molecular complexity index is 1410. The number of aromatic nitrogens is 2. The van der Waals surface area contributed by atoms with Crippen molar-refractivity contribution in [1.29, 1.82) is 0 Å².